The molecular formula is C13H21N3OS. The number of carbonyl (C=O) groups is 1. The number of anilines is 1. The van der Waals surface area contributed by atoms with E-state index in [0.717, 1.165) is 30.3 Å². The molecule has 0 bridgehead atoms. The summed E-state index contributed by atoms with van der Waals surface area (Å²) < 4.78 is 0. The van der Waals surface area contributed by atoms with Crippen LogP contribution in [0.2, 0.25) is 0 Å². The van der Waals surface area contributed by atoms with Gasteiger partial charge in [0.05, 0.1) is 5.69 Å². The largest absolute Gasteiger partial charge is 0.317 e. The Balaban J connectivity index is 1.74. The van der Waals surface area contributed by atoms with Crippen molar-refractivity contribution in [2.45, 2.75) is 39.5 Å². The second kappa shape index (κ2) is 6.29. The van der Waals surface area contributed by atoms with Gasteiger partial charge in [0.15, 0.2) is 5.13 Å². The number of aryl methyl sites for hydroxylation is 2. The Kier molecular flexibility index (Phi) is 4.72. The Hall–Kier alpha value is -0.940. The lowest BCUT2D eigenvalue weighted by Gasteiger charge is -2.21. The van der Waals surface area contributed by atoms with Crippen LogP contribution in [0.15, 0.2) is 0 Å². The van der Waals surface area contributed by atoms with E-state index in [4.69, 9.17) is 0 Å². The number of hydrogen-bond acceptors (Lipinski definition) is 4. The van der Waals surface area contributed by atoms with Crippen molar-refractivity contribution in [1.82, 2.24) is 10.3 Å². The van der Waals surface area contributed by atoms with Crippen molar-refractivity contribution in [1.29, 1.82) is 0 Å². The van der Waals surface area contributed by atoms with Gasteiger partial charge in [-0.3, -0.25) is 4.79 Å². The topological polar surface area (TPSA) is 54.0 Å². The number of nitrogens with one attached hydrogen (secondary N) is 2. The predicted octanol–water partition coefficient (Wildman–Crippen LogP) is 2.48. The molecule has 0 atom stereocenters. The summed E-state index contributed by atoms with van der Waals surface area (Å²) in [7, 11) is 0. The molecule has 1 saturated heterocycles. The van der Waals surface area contributed by atoms with Crippen LogP contribution in [0.5, 0.6) is 0 Å². The SMILES string of the molecule is Cc1nc(NC(=O)CCC2CCNCC2)sc1C. The van der Waals surface area contributed by atoms with Gasteiger partial charge in [-0.2, -0.15) is 0 Å². The van der Waals surface area contributed by atoms with Gasteiger partial charge in [0.2, 0.25) is 5.91 Å². The number of carbonyl (C=O) groups excluding carboxylic acids is 1. The third kappa shape index (κ3) is 3.78. The quantitative estimate of drug-likeness (QED) is 0.881. The van der Waals surface area contributed by atoms with Crippen LogP contribution in [0, 0.1) is 19.8 Å². The number of thiazole rings is 1. The maximum Gasteiger partial charge on any atom is 0.226 e. The summed E-state index contributed by atoms with van der Waals surface area (Å²) in [6.45, 7) is 6.18. The highest BCUT2D eigenvalue weighted by atomic mass is 32.1. The first-order valence-electron chi connectivity index (χ1n) is 6.59. The van der Waals surface area contributed by atoms with Gasteiger partial charge in [0, 0.05) is 11.3 Å². The minimum absolute atomic E-state index is 0.0993. The maximum atomic E-state index is 11.8. The van der Waals surface area contributed by atoms with Crippen LogP contribution in [-0.4, -0.2) is 24.0 Å². The molecule has 1 aromatic rings. The first kappa shape index (κ1) is 13.5. The van der Waals surface area contributed by atoms with Crippen LogP contribution in [0.4, 0.5) is 5.13 Å². The number of hydrogen-bond donors (Lipinski definition) is 2. The van der Waals surface area contributed by atoms with Crippen molar-refractivity contribution in [3.05, 3.63) is 10.6 Å². The summed E-state index contributed by atoms with van der Waals surface area (Å²) in [4.78, 5) is 17.3. The number of aromatic nitrogens is 1. The maximum absolute atomic E-state index is 11.8. The Morgan fingerprint density at radius 1 is 1.44 bits per heavy atom. The van der Waals surface area contributed by atoms with E-state index >= 15 is 0 Å². The number of amides is 1. The van der Waals surface area contributed by atoms with E-state index in [-0.39, 0.29) is 5.91 Å². The van der Waals surface area contributed by atoms with Crippen LogP contribution in [0.3, 0.4) is 0 Å². The zero-order valence-corrected chi connectivity index (χ0v) is 11.9. The molecule has 0 spiro atoms. The fourth-order valence-corrected chi connectivity index (χ4v) is 3.04. The molecule has 5 heteroatoms. The van der Waals surface area contributed by atoms with Gasteiger partial charge in [0.1, 0.15) is 0 Å². The molecular weight excluding hydrogens is 246 g/mol. The fraction of sp³-hybridized carbons (Fsp3) is 0.692. The van der Waals surface area contributed by atoms with E-state index in [0.29, 0.717) is 12.3 Å². The lowest BCUT2D eigenvalue weighted by molar-refractivity contribution is -0.116. The summed E-state index contributed by atoms with van der Waals surface area (Å²) in [5, 5.41) is 6.97. The Bertz CT molecular complexity index is 391. The van der Waals surface area contributed by atoms with Gasteiger partial charge in [-0.15, -0.1) is 11.3 Å². The molecule has 1 aliphatic heterocycles. The summed E-state index contributed by atoms with van der Waals surface area (Å²) >= 11 is 1.55. The van der Waals surface area contributed by atoms with Crippen LogP contribution < -0.4 is 10.6 Å². The minimum Gasteiger partial charge on any atom is -0.317 e. The van der Waals surface area contributed by atoms with Crippen molar-refractivity contribution in [3.8, 4) is 0 Å². The average molecular weight is 267 g/mol. The van der Waals surface area contributed by atoms with Gasteiger partial charge in [-0.25, -0.2) is 4.98 Å². The smallest absolute Gasteiger partial charge is 0.226 e. The molecule has 4 nitrogen and oxygen atoms in total. The van der Waals surface area contributed by atoms with E-state index in [2.05, 4.69) is 15.6 Å². The van der Waals surface area contributed by atoms with Gasteiger partial charge in [-0.1, -0.05) is 0 Å². The Morgan fingerprint density at radius 3 is 2.78 bits per heavy atom. The molecule has 1 fully saturated rings. The Labute approximate surface area is 112 Å². The molecule has 0 aromatic carbocycles. The van der Waals surface area contributed by atoms with Gasteiger partial charge < -0.3 is 10.6 Å². The van der Waals surface area contributed by atoms with Gasteiger partial charge in [0.25, 0.3) is 0 Å². The molecule has 100 valence electrons. The lowest BCUT2D eigenvalue weighted by atomic mass is 9.93. The van der Waals surface area contributed by atoms with E-state index in [1.165, 1.54) is 17.7 Å². The third-order valence-corrected chi connectivity index (χ3v) is 4.50. The number of nitrogens with zero attached hydrogens (tertiary/aromatic N) is 1. The summed E-state index contributed by atoms with van der Waals surface area (Å²) in [6.07, 6.45) is 4.00. The van der Waals surface area contributed by atoms with Crippen molar-refractivity contribution < 1.29 is 4.79 Å². The highest BCUT2D eigenvalue weighted by Gasteiger charge is 2.15. The van der Waals surface area contributed by atoms with E-state index < -0.39 is 0 Å². The molecule has 2 rings (SSSR count). The number of rotatable bonds is 4. The summed E-state index contributed by atoms with van der Waals surface area (Å²) in [6, 6.07) is 0. The summed E-state index contributed by atoms with van der Waals surface area (Å²) in [5.41, 5.74) is 1.01. The van der Waals surface area contributed by atoms with Gasteiger partial charge >= 0.3 is 0 Å². The molecule has 0 saturated carbocycles. The minimum atomic E-state index is 0.0993. The highest BCUT2D eigenvalue weighted by molar-refractivity contribution is 7.15. The van der Waals surface area contributed by atoms with Gasteiger partial charge in [-0.05, 0) is 52.1 Å². The number of piperidine rings is 1. The lowest BCUT2D eigenvalue weighted by Crippen LogP contribution is -2.28. The standard InChI is InChI=1S/C13H21N3OS/c1-9-10(2)18-13(15-9)16-12(17)4-3-11-5-7-14-8-6-11/h11,14H,3-8H2,1-2H3,(H,15,16,17). The van der Waals surface area contributed by atoms with Crippen molar-refractivity contribution >= 4 is 22.4 Å². The van der Waals surface area contributed by atoms with E-state index in [1.54, 1.807) is 11.3 Å². The molecule has 1 aromatic heterocycles. The normalized spacial score (nSPS) is 16.8. The zero-order valence-electron chi connectivity index (χ0n) is 11.1. The molecule has 1 aliphatic rings. The van der Waals surface area contributed by atoms with Crippen molar-refractivity contribution in [3.63, 3.8) is 0 Å². The molecule has 2 heterocycles. The van der Waals surface area contributed by atoms with Crippen LogP contribution >= 0.6 is 11.3 Å². The first-order valence-corrected chi connectivity index (χ1v) is 7.41. The summed E-state index contributed by atoms with van der Waals surface area (Å²) in [5.74, 6) is 0.805. The van der Waals surface area contributed by atoms with Crippen molar-refractivity contribution in [2.24, 2.45) is 5.92 Å². The Morgan fingerprint density at radius 2 is 2.17 bits per heavy atom. The van der Waals surface area contributed by atoms with E-state index in [1.807, 2.05) is 13.8 Å². The average Bonchev–Trinajstić information content (AvgIpc) is 2.67. The highest BCUT2D eigenvalue weighted by Crippen LogP contribution is 2.22. The molecule has 18 heavy (non-hydrogen) atoms. The van der Waals surface area contributed by atoms with E-state index in [9.17, 15) is 4.79 Å². The second-order valence-electron chi connectivity index (χ2n) is 4.94. The van der Waals surface area contributed by atoms with Crippen LogP contribution in [0.1, 0.15) is 36.3 Å². The third-order valence-electron chi connectivity index (χ3n) is 3.51. The van der Waals surface area contributed by atoms with Crippen LogP contribution in [0.25, 0.3) is 0 Å². The molecule has 0 unspecified atom stereocenters. The zero-order chi connectivity index (χ0) is 13.0. The molecule has 0 radical (unpaired) electrons. The predicted molar refractivity (Wildman–Crippen MR) is 75.0 cm³/mol. The van der Waals surface area contributed by atoms with Crippen molar-refractivity contribution in [2.75, 3.05) is 18.4 Å². The molecule has 2 N–H and O–H groups in total. The first-order chi connectivity index (χ1) is 8.65. The van der Waals surface area contributed by atoms with Crippen LogP contribution in [-0.2, 0) is 4.79 Å². The second-order valence-corrected chi connectivity index (χ2v) is 6.14. The molecule has 1 amide bonds. The monoisotopic (exact) mass is 267 g/mol. The fourth-order valence-electron chi connectivity index (χ4n) is 2.21. The molecule has 0 aliphatic carbocycles.